The number of sulfonamides is 1. The van der Waals surface area contributed by atoms with Gasteiger partial charge in [0.25, 0.3) is 0 Å². The van der Waals surface area contributed by atoms with Crippen LogP contribution < -0.4 is 0 Å². The van der Waals surface area contributed by atoms with Crippen LogP contribution >= 0.6 is 0 Å². The summed E-state index contributed by atoms with van der Waals surface area (Å²) in [6.07, 6.45) is 5.15. The van der Waals surface area contributed by atoms with E-state index < -0.39 is 16.1 Å². The largest absolute Gasteiger partial charge is 0.302 e. The molecule has 2 heterocycles. The molecule has 2 rings (SSSR count). The van der Waals surface area contributed by atoms with E-state index in [9.17, 15) is 13.2 Å². The molecule has 0 aliphatic carbocycles. The summed E-state index contributed by atoms with van der Waals surface area (Å²) in [6, 6.07) is 4.96. The average Bonchev–Trinajstić information content (AvgIpc) is 2.46. The SMILES string of the molecule is O=CC1CCCCN1S(=O)(=O)CCc1ccccn1. The zero-order valence-electron chi connectivity index (χ0n) is 10.7. The quantitative estimate of drug-likeness (QED) is 0.756. The zero-order chi connectivity index (χ0) is 13.7. The zero-order valence-corrected chi connectivity index (χ0v) is 11.6. The number of aldehydes is 1. The lowest BCUT2D eigenvalue weighted by atomic mass is 10.1. The summed E-state index contributed by atoms with van der Waals surface area (Å²) in [5.74, 6) is 0.00829. The molecule has 1 saturated heterocycles. The van der Waals surface area contributed by atoms with E-state index in [2.05, 4.69) is 4.98 Å². The lowest BCUT2D eigenvalue weighted by Gasteiger charge is -2.31. The van der Waals surface area contributed by atoms with Crippen LogP contribution in [0.1, 0.15) is 25.0 Å². The molecule has 6 heteroatoms. The molecule has 5 nitrogen and oxygen atoms in total. The van der Waals surface area contributed by atoms with Crippen LogP contribution in [-0.4, -0.2) is 42.3 Å². The Morgan fingerprint density at radius 3 is 2.89 bits per heavy atom. The summed E-state index contributed by atoms with van der Waals surface area (Å²) in [6.45, 7) is 0.452. The number of carbonyl (C=O) groups excluding carboxylic acids is 1. The van der Waals surface area contributed by atoms with Gasteiger partial charge in [0.2, 0.25) is 10.0 Å². The van der Waals surface area contributed by atoms with Gasteiger partial charge in [-0.05, 0) is 25.0 Å². The van der Waals surface area contributed by atoms with Gasteiger partial charge in [0.05, 0.1) is 11.8 Å². The van der Waals surface area contributed by atoms with Crippen molar-refractivity contribution in [3.8, 4) is 0 Å². The van der Waals surface area contributed by atoms with Gasteiger partial charge in [-0.15, -0.1) is 0 Å². The third-order valence-corrected chi connectivity index (χ3v) is 5.24. The van der Waals surface area contributed by atoms with Crippen molar-refractivity contribution in [1.82, 2.24) is 9.29 Å². The topological polar surface area (TPSA) is 67.3 Å². The third-order valence-electron chi connectivity index (χ3n) is 3.35. The standard InChI is InChI=1S/C13H18N2O3S/c16-11-13-6-2-4-9-15(13)19(17,18)10-7-12-5-1-3-8-14-12/h1,3,5,8,11,13H,2,4,6-7,9-10H2. The Kier molecular flexibility index (Phi) is 4.66. The van der Waals surface area contributed by atoms with Crippen LogP contribution in [0.25, 0.3) is 0 Å². The van der Waals surface area contributed by atoms with Crippen molar-refractivity contribution in [1.29, 1.82) is 0 Å². The van der Waals surface area contributed by atoms with Gasteiger partial charge in [0, 0.05) is 24.9 Å². The molecule has 0 saturated carbocycles. The van der Waals surface area contributed by atoms with Crippen LogP contribution in [0.4, 0.5) is 0 Å². The van der Waals surface area contributed by atoms with Gasteiger partial charge >= 0.3 is 0 Å². The third kappa shape index (κ3) is 3.61. The number of hydrogen-bond donors (Lipinski definition) is 0. The number of rotatable bonds is 5. The molecule has 0 bridgehead atoms. The van der Waals surface area contributed by atoms with Gasteiger partial charge in [-0.2, -0.15) is 4.31 Å². The number of aromatic nitrogens is 1. The first-order valence-electron chi connectivity index (χ1n) is 6.48. The molecule has 1 unspecified atom stereocenters. The fourth-order valence-corrected chi connectivity index (χ4v) is 3.99. The van der Waals surface area contributed by atoms with Gasteiger partial charge < -0.3 is 4.79 Å². The summed E-state index contributed by atoms with van der Waals surface area (Å²) < 4.78 is 25.9. The maximum atomic E-state index is 12.3. The minimum atomic E-state index is -3.38. The second-order valence-electron chi connectivity index (χ2n) is 4.70. The van der Waals surface area contributed by atoms with E-state index in [0.717, 1.165) is 24.8 Å². The van der Waals surface area contributed by atoms with Crippen LogP contribution in [0.3, 0.4) is 0 Å². The number of nitrogens with zero attached hydrogens (tertiary/aromatic N) is 2. The summed E-state index contributed by atoms with van der Waals surface area (Å²) in [5.41, 5.74) is 0.755. The monoisotopic (exact) mass is 282 g/mol. The smallest absolute Gasteiger partial charge is 0.215 e. The van der Waals surface area contributed by atoms with Crippen LogP contribution in [0.15, 0.2) is 24.4 Å². The van der Waals surface area contributed by atoms with Gasteiger partial charge in [-0.25, -0.2) is 8.42 Å². The van der Waals surface area contributed by atoms with Crippen molar-refractivity contribution in [2.24, 2.45) is 0 Å². The van der Waals surface area contributed by atoms with Gasteiger partial charge in [-0.1, -0.05) is 12.5 Å². The van der Waals surface area contributed by atoms with Crippen molar-refractivity contribution in [2.75, 3.05) is 12.3 Å². The highest BCUT2D eigenvalue weighted by Gasteiger charge is 2.31. The second-order valence-corrected chi connectivity index (χ2v) is 6.74. The lowest BCUT2D eigenvalue weighted by Crippen LogP contribution is -2.45. The highest BCUT2D eigenvalue weighted by molar-refractivity contribution is 7.89. The number of aryl methyl sites for hydroxylation is 1. The molecule has 19 heavy (non-hydrogen) atoms. The van der Waals surface area contributed by atoms with E-state index in [4.69, 9.17) is 0 Å². The van der Waals surface area contributed by atoms with Crippen LogP contribution in [0, 0.1) is 0 Å². The summed E-state index contributed by atoms with van der Waals surface area (Å²) in [7, 11) is -3.38. The number of carbonyl (C=O) groups is 1. The molecule has 1 aliphatic rings. The van der Waals surface area contributed by atoms with Gasteiger partial charge in [0.15, 0.2) is 0 Å². The van der Waals surface area contributed by atoms with E-state index >= 15 is 0 Å². The van der Waals surface area contributed by atoms with Crippen molar-refractivity contribution in [3.05, 3.63) is 30.1 Å². The predicted molar refractivity (Wildman–Crippen MR) is 72.1 cm³/mol. The van der Waals surface area contributed by atoms with Gasteiger partial charge in [-0.3, -0.25) is 4.98 Å². The Morgan fingerprint density at radius 1 is 1.37 bits per heavy atom. The highest BCUT2D eigenvalue weighted by atomic mass is 32.2. The molecule has 1 aliphatic heterocycles. The Balaban J connectivity index is 2.03. The van der Waals surface area contributed by atoms with E-state index in [-0.39, 0.29) is 5.75 Å². The van der Waals surface area contributed by atoms with E-state index in [1.807, 2.05) is 12.1 Å². The maximum Gasteiger partial charge on any atom is 0.215 e. The van der Waals surface area contributed by atoms with Gasteiger partial charge in [0.1, 0.15) is 6.29 Å². The molecule has 0 spiro atoms. The van der Waals surface area contributed by atoms with Crippen molar-refractivity contribution in [2.45, 2.75) is 31.7 Å². The highest BCUT2D eigenvalue weighted by Crippen LogP contribution is 2.19. The Bertz CT molecular complexity index is 516. The molecule has 1 aromatic rings. The minimum absolute atomic E-state index is 0.00829. The van der Waals surface area contributed by atoms with E-state index in [1.54, 1.807) is 12.3 Å². The molecular formula is C13H18N2O3S. The summed E-state index contributed by atoms with van der Waals surface area (Å²) in [5, 5.41) is 0. The number of pyridine rings is 1. The second kappa shape index (κ2) is 6.25. The molecule has 0 radical (unpaired) electrons. The minimum Gasteiger partial charge on any atom is -0.302 e. The normalized spacial score (nSPS) is 21.2. The fraction of sp³-hybridized carbons (Fsp3) is 0.538. The number of hydrogen-bond acceptors (Lipinski definition) is 4. The van der Waals surface area contributed by atoms with Crippen molar-refractivity contribution >= 4 is 16.3 Å². The average molecular weight is 282 g/mol. The molecule has 1 fully saturated rings. The first-order valence-corrected chi connectivity index (χ1v) is 8.09. The van der Waals surface area contributed by atoms with E-state index in [1.165, 1.54) is 4.31 Å². The van der Waals surface area contributed by atoms with E-state index in [0.29, 0.717) is 19.4 Å². The molecule has 1 atom stereocenters. The molecule has 0 amide bonds. The van der Waals surface area contributed by atoms with Crippen molar-refractivity contribution in [3.63, 3.8) is 0 Å². The van der Waals surface area contributed by atoms with Crippen LogP contribution in [0.2, 0.25) is 0 Å². The van der Waals surface area contributed by atoms with Crippen LogP contribution in [0.5, 0.6) is 0 Å². The maximum absolute atomic E-state index is 12.3. The van der Waals surface area contributed by atoms with Crippen LogP contribution in [-0.2, 0) is 21.2 Å². The molecular weight excluding hydrogens is 264 g/mol. The number of piperidine rings is 1. The molecule has 0 aromatic carbocycles. The summed E-state index contributed by atoms with van der Waals surface area (Å²) in [4.78, 5) is 15.1. The fourth-order valence-electron chi connectivity index (χ4n) is 2.31. The Hall–Kier alpha value is -1.27. The lowest BCUT2D eigenvalue weighted by molar-refractivity contribution is -0.111. The molecule has 104 valence electrons. The summed E-state index contributed by atoms with van der Waals surface area (Å²) >= 11 is 0. The first-order chi connectivity index (χ1) is 9.13. The molecule has 1 aromatic heterocycles. The van der Waals surface area contributed by atoms with Crippen molar-refractivity contribution < 1.29 is 13.2 Å². The first kappa shape index (κ1) is 14.1. The Labute approximate surface area is 113 Å². The predicted octanol–water partition coefficient (Wildman–Crippen LogP) is 1.01. The molecule has 0 N–H and O–H groups in total. The Morgan fingerprint density at radius 2 is 2.21 bits per heavy atom.